The molecule has 0 fully saturated rings. The zero-order valence-electron chi connectivity index (χ0n) is 9.68. The number of nitrogens with one attached hydrogen (secondary N) is 1. The molecule has 98 valence electrons. The number of pyridine rings is 1. The van der Waals surface area contributed by atoms with Crippen LogP contribution < -0.4 is 5.32 Å². The third kappa shape index (κ3) is 3.15. The summed E-state index contributed by atoms with van der Waals surface area (Å²) in [6, 6.07) is 1.81. The van der Waals surface area contributed by atoms with Gasteiger partial charge in [0.2, 0.25) is 0 Å². The van der Waals surface area contributed by atoms with E-state index in [9.17, 15) is 9.59 Å². The third-order valence-electron chi connectivity index (χ3n) is 2.19. The van der Waals surface area contributed by atoms with Crippen LogP contribution >= 0.6 is 27.3 Å². The Kier molecular flexibility index (Phi) is 3.91. The highest BCUT2D eigenvalue weighted by Crippen LogP contribution is 2.18. The maximum absolute atomic E-state index is 11.9. The van der Waals surface area contributed by atoms with Gasteiger partial charge in [-0.1, -0.05) is 0 Å². The predicted molar refractivity (Wildman–Crippen MR) is 73.7 cm³/mol. The molecule has 0 unspecified atom stereocenters. The lowest BCUT2D eigenvalue weighted by Crippen LogP contribution is -2.14. The van der Waals surface area contributed by atoms with Gasteiger partial charge >= 0.3 is 5.97 Å². The Balaban J connectivity index is 2.18. The molecule has 0 aliphatic rings. The predicted octanol–water partition coefficient (Wildman–Crippen LogP) is 2.56. The zero-order valence-corrected chi connectivity index (χ0v) is 12.1. The van der Waals surface area contributed by atoms with Crippen molar-refractivity contribution in [3.05, 3.63) is 38.4 Å². The monoisotopic (exact) mass is 341 g/mol. The first-order valence-electron chi connectivity index (χ1n) is 5.09. The number of aromatic nitrogens is 2. The summed E-state index contributed by atoms with van der Waals surface area (Å²) in [4.78, 5) is 30.4. The number of halogens is 1. The lowest BCUT2D eigenvalue weighted by molar-refractivity contribution is 0.0691. The fraction of sp³-hybridized carbons (Fsp3) is 0.0909. The number of carbonyl (C=O) groups excluding carboxylic acids is 1. The van der Waals surface area contributed by atoms with Crippen LogP contribution in [0.3, 0.4) is 0 Å². The smallest absolute Gasteiger partial charge is 0.355 e. The van der Waals surface area contributed by atoms with Crippen LogP contribution in [0.1, 0.15) is 25.9 Å². The molecule has 2 aromatic heterocycles. The summed E-state index contributed by atoms with van der Waals surface area (Å²) in [5.41, 5.74) is 0.647. The first kappa shape index (κ1) is 13.6. The van der Waals surface area contributed by atoms with Crippen LogP contribution in [0.2, 0.25) is 0 Å². The Morgan fingerprint density at radius 1 is 1.47 bits per heavy atom. The summed E-state index contributed by atoms with van der Waals surface area (Å²) in [7, 11) is 0. The van der Waals surface area contributed by atoms with E-state index in [2.05, 4.69) is 31.2 Å². The minimum Gasteiger partial charge on any atom is -0.476 e. The van der Waals surface area contributed by atoms with Crippen molar-refractivity contribution in [2.24, 2.45) is 0 Å². The Bertz CT molecular complexity index is 656. The van der Waals surface area contributed by atoms with Gasteiger partial charge in [-0.3, -0.25) is 4.79 Å². The standard InChI is InChI=1S/C11H8BrN3O3S/c1-5-2-6(12)3-13-8(5)15-9(16)10-14-7(4-19-10)11(17)18/h2-4H,1H3,(H,17,18)(H,13,15,16). The molecule has 0 radical (unpaired) electrons. The van der Waals surface area contributed by atoms with E-state index in [1.165, 1.54) is 5.38 Å². The molecule has 0 saturated carbocycles. The maximum Gasteiger partial charge on any atom is 0.355 e. The second-order valence-corrected chi connectivity index (χ2v) is 5.39. The Morgan fingerprint density at radius 3 is 2.79 bits per heavy atom. The van der Waals surface area contributed by atoms with E-state index in [0.29, 0.717) is 5.82 Å². The zero-order chi connectivity index (χ0) is 14.0. The average molecular weight is 342 g/mol. The first-order chi connectivity index (χ1) is 8.97. The highest BCUT2D eigenvalue weighted by molar-refractivity contribution is 9.10. The molecule has 0 saturated heterocycles. The number of nitrogens with zero attached hydrogens (tertiary/aromatic N) is 2. The van der Waals surface area contributed by atoms with Crippen LogP contribution in [0.4, 0.5) is 5.82 Å². The maximum atomic E-state index is 11.9. The van der Waals surface area contributed by atoms with Crippen LogP contribution in [0, 0.1) is 6.92 Å². The Morgan fingerprint density at radius 2 is 2.21 bits per heavy atom. The molecule has 2 aromatic rings. The lowest BCUT2D eigenvalue weighted by atomic mass is 10.3. The van der Waals surface area contributed by atoms with Crippen molar-refractivity contribution in [1.29, 1.82) is 0 Å². The minimum atomic E-state index is -1.16. The number of aromatic carboxylic acids is 1. The van der Waals surface area contributed by atoms with Gasteiger partial charge in [0.15, 0.2) is 10.7 Å². The van der Waals surface area contributed by atoms with Crippen LogP contribution in [-0.2, 0) is 0 Å². The Labute approximate surface area is 120 Å². The van der Waals surface area contributed by atoms with E-state index < -0.39 is 11.9 Å². The van der Waals surface area contributed by atoms with Gasteiger partial charge in [-0.05, 0) is 34.5 Å². The van der Waals surface area contributed by atoms with Crippen molar-refractivity contribution in [2.45, 2.75) is 6.92 Å². The highest BCUT2D eigenvalue weighted by Gasteiger charge is 2.15. The molecule has 2 heterocycles. The molecule has 6 nitrogen and oxygen atoms in total. The molecule has 2 N–H and O–H groups in total. The summed E-state index contributed by atoms with van der Waals surface area (Å²) in [5.74, 6) is -1.22. The number of amides is 1. The fourth-order valence-corrected chi connectivity index (χ4v) is 2.44. The largest absolute Gasteiger partial charge is 0.476 e. The van der Waals surface area contributed by atoms with E-state index in [-0.39, 0.29) is 10.7 Å². The molecule has 0 atom stereocenters. The van der Waals surface area contributed by atoms with Gasteiger partial charge in [-0.15, -0.1) is 11.3 Å². The lowest BCUT2D eigenvalue weighted by Gasteiger charge is -2.05. The molecule has 19 heavy (non-hydrogen) atoms. The van der Waals surface area contributed by atoms with Crippen molar-refractivity contribution < 1.29 is 14.7 Å². The molecule has 2 rings (SSSR count). The van der Waals surface area contributed by atoms with E-state index in [0.717, 1.165) is 21.4 Å². The van der Waals surface area contributed by atoms with Crippen LogP contribution in [0.25, 0.3) is 0 Å². The molecular weight excluding hydrogens is 334 g/mol. The number of carboxylic acid groups (broad SMARTS) is 1. The third-order valence-corrected chi connectivity index (χ3v) is 3.47. The molecule has 0 spiro atoms. The van der Waals surface area contributed by atoms with Crippen LogP contribution in [0.5, 0.6) is 0 Å². The van der Waals surface area contributed by atoms with Crippen LogP contribution in [0.15, 0.2) is 22.1 Å². The van der Waals surface area contributed by atoms with Crippen molar-refractivity contribution in [1.82, 2.24) is 9.97 Å². The van der Waals surface area contributed by atoms with Crippen molar-refractivity contribution in [3.63, 3.8) is 0 Å². The van der Waals surface area contributed by atoms with Gasteiger partial charge in [0, 0.05) is 16.0 Å². The molecule has 0 bridgehead atoms. The summed E-state index contributed by atoms with van der Waals surface area (Å²) in [6.07, 6.45) is 1.56. The van der Waals surface area contributed by atoms with Crippen molar-refractivity contribution >= 4 is 45.0 Å². The molecule has 1 amide bonds. The first-order valence-corrected chi connectivity index (χ1v) is 6.77. The number of carbonyl (C=O) groups is 2. The molecule has 0 aromatic carbocycles. The second kappa shape index (κ2) is 5.45. The summed E-state index contributed by atoms with van der Waals surface area (Å²) in [5, 5.41) is 12.7. The van der Waals surface area contributed by atoms with E-state index in [1.807, 2.05) is 6.07 Å². The second-order valence-electron chi connectivity index (χ2n) is 3.62. The average Bonchev–Trinajstić information content (AvgIpc) is 2.82. The van der Waals surface area contributed by atoms with E-state index >= 15 is 0 Å². The number of hydrogen-bond acceptors (Lipinski definition) is 5. The summed E-state index contributed by atoms with van der Waals surface area (Å²) in [6.45, 7) is 1.80. The highest BCUT2D eigenvalue weighted by atomic mass is 79.9. The van der Waals surface area contributed by atoms with E-state index in [1.54, 1.807) is 13.1 Å². The van der Waals surface area contributed by atoms with Gasteiger partial charge in [0.1, 0.15) is 5.82 Å². The van der Waals surface area contributed by atoms with Gasteiger partial charge in [-0.25, -0.2) is 14.8 Å². The van der Waals surface area contributed by atoms with Gasteiger partial charge in [-0.2, -0.15) is 0 Å². The number of anilines is 1. The topological polar surface area (TPSA) is 92.2 Å². The fourth-order valence-electron chi connectivity index (χ4n) is 1.31. The van der Waals surface area contributed by atoms with Gasteiger partial charge in [0.05, 0.1) is 0 Å². The molecular formula is C11H8BrN3O3S. The minimum absolute atomic E-state index is 0.0847. The summed E-state index contributed by atoms with van der Waals surface area (Å²) >= 11 is 4.25. The summed E-state index contributed by atoms with van der Waals surface area (Å²) < 4.78 is 0.811. The van der Waals surface area contributed by atoms with Gasteiger partial charge < -0.3 is 10.4 Å². The molecule has 8 heteroatoms. The SMILES string of the molecule is Cc1cc(Br)cnc1NC(=O)c1nc(C(=O)O)cs1. The van der Waals surface area contributed by atoms with Crippen LogP contribution in [-0.4, -0.2) is 27.0 Å². The molecule has 0 aliphatic heterocycles. The van der Waals surface area contributed by atoms with Gasteiger partial charge in [0.25, 0.3) is 5.91 Å². The number of rotatable bonds is 3. The number of hydrogen-bond donors (Lipinski definition) is 2. The molecule has 0 aliphatic carbocycles. The number of thiazole rings is 1. The Hall–Kier alpha value is -1.80. The number of aryl methyl sites for hydroxylation is 1. The quantitative estimate of drug-likeness (QED) is 0.894. The number of carboxylic acids is 1. The van der Waals surface area contributed by atoms with Crippen molar-refractivity contribution in [2.75, 3.05) is 5.32 Å². The van der Waals surface area contributed by atoms with E-state index in [4.69, 9.17) is 5.11 Å². The van der Waals surface area contributed by atoms with Crippen molar-refractivity contribution in [3.8, 4) is 0 Å². The normalized spacial score (nSPS) is 10.2.